The first kappa shape index (κ1) is 30.8. The Labute approximate surface area is 223 Å². The number of carbonyl (C=O) groups excluding carboxylic acids is 4. The third kappa shape index (κ3) is 7.25. The Bertz CT molecular complexity index is 1060. The fourth-order valence-corrected chi connectivity index (χ4v) is 5.15. The van der Waals surface area contributed by atoms with Crippen molar-refractivity contribution < 1.29 is 41.1 Å². The Morgan fingerprint density at radius 3 is 2.13 bits per heavy atom. The highest BCUT2D eigenvalue weighted by molar-refractivity contribution is 5.93. The molecule has 1 heterocycles. The van der Waals surface area contributed by atoms with Gasteiger partial charge in [0.25, 0.3) is 5.92 Å². The number of nitriles is 1. The Morgan fingerprint density at radius 2 is 1.69 bits per heavy atom. The first-order valence-electron chi connectivity index (χ1n) is 13.0. The quantitative estimate of drug-likeness (QED) is 0.351. The summed E-state index contributed by atoms with van der Waals surface area (Å²) in [4.78, 5) is 50.4. The molecule has 3 amide bonds. The molecule has 1 unspecified atom stereocenters. The van der Waals surface area contributed by atoms with E-state index in [4.69, 9.17) is 0 Å². The van der Waals surface area contributed by atoms with Crippen LogP contribution in [0.4, 0.5) is 22.0 Å². The molecular weight excluding hydrogens is 527 g/mol. The van der Waals surface area contributed by atoms with Crippen LogP contribution >= 0.6 is 0 Å². The molecule has 1 spiro atoms. The minimum absolute atomic E-state index is 0.0249. The lowest BCUT2D eigenvalue weighted by Crippen LogP contribution is -2.54. The molecule has 5 atom stereocenters. The summed E-state index contributed by atoms with van der Waals surface area (Å²) in [6, 6.07) is -0.885. The zero-order valence-corrected chi connectivity index (χ0v) is 22.4. The number of nitrogens with one attached hydrogen (secondary N) is 3. The summed E-state index contributed by atoms with van der Waals surface area (Å²) in [6.45, 7) is 5.55. The maximum Gasteiger partial charge on any atom is 0.449 e. The number of Topliss-reactive ketones (excluding diaryl/α,β-unsaturated/α-hetero) is 1. The van der Waals surface area contributed by atoms with Gasteiger partial charge in [-0.2, -0.15) is 18.4 Å². The lowest BCUT2D eigenvalue weighted by atomic mass is 9.77. The highest BCUT2D eigenvalue weighted by Gasteiger charge is 2.68. The van der Waals surface area contributed by atoms with Crippen molar-refractivity contribution in [1.29, 1.82) is 5.26 Å². The van der Waals surface area contributed by atoms with Gasteiger partial charge in [-0.1, -0.05) is 27.7 Å². The molecule has 8 nitrogen and oxygen atoms in total. The molecular formula is C26H35F5N4O4. The molecule has 3 fully saturated rings. The van der Waals surface area contributed by atoms with Crippen molar-refractivity contribution in [3.63, 3.8) is 0 Å². The number of ketones is 1. The van der Waals surface area contributed by atoms with E-state index in [-0.39, 0.29) is 17.9 Å². The van der Waals surface area contributed by atoms with Crippen molar-refractivity contribution >= 4 is 23.5 Å². The second kappa shape index (κ2) is 10.3. The summed E-state index contributed by atoms with van der Waals surface area (Å²) in [5.41, 5.74) is -2.95. The average molecular weight is 563 g/mol. The maximum atomic E-state index is 14.0. The maximum absolute atomic E-state index is 14.0. The number of piperidine rings is 1. The molecule has 2 aliphatic carbocycles. The van der Waals surface area contributed by atoms with Gasteiger partial charge in [0.1, 0.15) is 12.1 Å². The lowest BCUT2D eigenvalue weighted by molar-refractivity contribution is -0.173. The second-order valence-electron chi connectivity index (χ2n) is 12.7. The van der Waals surface area contributed by atoms with E-state index in [1.165, 1.54) is 27.7 Å². The smallest absolute Gasteiger partial charge is 0.350 e. The predicted molar refractivity (Wildman–Crippen MR) is 128 cm³/mol. The van der Waals surface area contributed by atoms with Crippen LogP contribution in [0.5, 0.6) is 0 Å². The van der Waals surface area contributed by atoms with Crippen molar-refractivity contribution in [3.8, 4) is 6.07 Å². The average Bonchev–Trinajstić information content (AvgIpc) is 3.65. The van der Waals surface area contributed by atoms with Crippen molar-refractivity contribution in [2.24, 2.45) is 22.7 Å². The third-order valence-electron chi connectivity index (χ3n) is 8.30. The van der Waals surface area contributed by atoms with Gasteiger partial charge in [0.05, 0.1) is 12.0 Å². The fourth-order valence-electron chi connectivity index (χ4n) is 5.15. The number of carbonyl (C=O) groups is 4. The number of hydrogen-bond donors (Lipinski definition) is 3. The minimum Gasteiger partial charge on any atom is -0.350 e. The Morgan fingerprint density at radius 1 is 1.10 bits per heavy atom. The summed E-state index contributed by atoms with van der Waals surface area (Å²) < 4.78 is 66.8. The van der Waals surface area contributed by atoms with Gasteiger partial charge in [-0.3, -0.25) is 19.2 Å². The monoisotopic (exact) mass is 562 g/mol. The van der Waals surface area contributed by atoms with E-state index < -0.39 is 83.7 Å². The molecule has 0 bridgehead atoms. The molecule has 39 heavy (non-hydrogen) atoms. The number of alkyl halides is 5. The van der Waals surface area contributed by atoms with Crippen LogP contribution in [0.25, 0.3) is 0 Å². The largest absolute Gasteiger partial charge is 0.449 e. The van der Waals surface area contributed by atoms with E-state index in [0.717, 1.165) is 19.3 Å². The summed E-state index contributed by atoms with van der Waals surface area (Å²) in [5.74, 6) is -9.56. The standard InChI is InChI=1S/C26H35F5N4O4/c1-22(2,3)16(10-18(36)26(29,30)31)20(38)34-17(11-23(4)13-25(23,27)28)21(39)33-15(12-32)9-14-5-6-24(7-8-24)35-19(14)37/h14-17H,5-11,13H2,1-4H3,(H,33,39)(H,34,38)(H,35,37)/t14-,15-,16+,17-,23?/m0/s1. The van der Waals surface area contributed by atoms with E-state index in [2.05, 4.69) is 16.0 Å². The molecule has 3 N–H and O–H groups in total. The van der Waals surface area contributed by atoms with Gasteiger partial charge >= 0.3 is 6.18 Å². The van der Waals surface area contributed by atoms with Gasteiger partial charge in [-0.15, -0.1) is 0 Å². The first-order chi connectivity index (χ1) is 17.7. The zero-order valence-electron chi connectivity index (χ0n) is 22.4. The van der Waals surface area contributed by atoms with Gasteiger partial charge in [0.2, 0.25) is 23.5 Å². The molecule has 13 heteroatoms. The number of halogens is 5. The molecule has 0 aromatic heterocycles. The molecule has 3 aliphatic rings. The van der Waals surface area contributed by atoms with Crippen LogP contribution in [0.3, 0.4) is 0 Å². The molecule has 1 saturated heterocycles. The number of nitrogens with zero attached hydrogens (tertiary/aromatic N) is 1. The van der Waals surface area contributed by atoms with E-state index in [1.54, 1.807) is 0 Å². The summed E-state index contributed by atoms with van der Waals surface area (Å²) in [7, 11) is 0. The molecule has 0 aromatic rings. The topological polar surface area (TPSA) is 128 Å². The Kier molecular flexibility index (Phi) is 8.14. The predicted octanol–water partition coefficient (Wildman–Crippen LogP) is 3.55. The molecule has 218 valence electrons. The van der Waals surface area contributed by atoms with Crippen molar-refractivity contribution in [3.05, 3.63) is 0 Å². The summed E-state index contributed by atoms with van der Waals surface area (Å²) in [5, 5.41) is 17.3. The van der Waals surface area contributed by atoms with Gasteiger partial charge < -0.3 is 16.0 Å². The summed E-state index contributed by atoms with van der Waals surface area (Å²) in [6.07, 6.45) is -4.43. The number of rotatable bonds is 10. The first-order valence-corrected chi connectivity index (χ1v) is 13.0. The molecule has 2 saturated carbocycles. The minimum atomic E-state index is -5.17. The van der Waals surface area contributed by atoms with Crippen LogP contribution in [0.15, 0.2) is 0 Å². The van der Waals surface area contributed by atoms with Crippen LogP contribution < -0.4 is 16.0 Å². The zero-order chi connectivity index (χ0) is 29.6. The normalized spacial score (nSPS) is 27.4. The highest BCUT2D eigenvalue weighted by Crippen LogP contribution is 2.62. The van der Waals surface area contributed by atoms with Gasteiger partial charge in [-0.25, -0.2) is 8.78 Å². The van der Waals surface area contributed by atoms with Crippen molar-refractivity contribution in [1.82, 2.24) is 16.0 Å². The van der Waals surface area contributed by atoms with Crippen LogP contribution in [-0.4, -0.2) is 53.2 Å². The van der Waals surface area contributed by atoms with Crippen LogP contribution in [-0.2, 0) is 19.2 Å². The van der Waals surface area contributed by atoms with Crippen LogP contribution in [0, 0.1) is 34.0 Å². The van der Waals surface area contributed by atoms with E-state index in [1.807, 2.05) is 6.07 Å². The van der Waals surface area contributed by atoms with E-state index in [9.17, 15) is 46.4 Å². The molecule has 0 aromatic carbocycles. The van der Waals surface area contributed by atoms with Crippen LogP contribution in [0.1, 0.15) is 79.1 Å². The SMILES string of the molecule is CC(C)(C)[C@H](CC(=O)C(F)(F)F)C(=O)N[C@@H](CC1(C)CC1(F)F)C(=O)N[C@H](C#N)C[C@@H]1CCC2(CC2)NC1=O. The molecule has 1 aliphatic heterocycles. The van der Waals surface area contributed by atoms with E-state index in [0.29, 0.717) is 6.42 Å². The van der Waals surface area contributed by atoms with Crippen molar-refractivity contribution in [2.75, 3.05) is 0 Å². The Balaban J connectivity index is 1.73. The van der Waals surface area contributed by atoms with E-state index >= 15 is 0 Å². The van der Waals surface area contributed by atoms with Gasteiger partial charge in [0.15, 0.2) is 0 Å². The third-order valence-corrected chi connectivity index (χ3v) is 8.30. The Hall–Kier alpha value is -2.78. The summed E-state index contributed by atoms with van der Waals surface area (Å²) >= 11 is 0. The molecule has 0 radical (unpaired) electrons. The fraction of sp³-hybridized carbons (Fsp3) is 0.808. The lowest BCUT2D eigenvalue weighted by Gasteiger charge is -2.32. The van der Waals surface area contributed by atoms with Gasteiger partial charge in [-0.05, 0) is 43.9 Å². The number of amides is 3. The number of hydrogen-bond acceptors (Lipinski definition) is 5. The van der Waals surface area contributed by atoms with Crippen molar-refractivity contribution in [2.45, 2.75) is 109 Å². The second-order valence-corrected chi connectivity index (χ2v) is 12.7. The van der Waals surface area contributed by atoms with Gasteiger partial charge in [0, 0.05) is 29.7 Å². The van der Waals surface area contributed by atoms with Crippen LogP contribution in [0.2, 0.25) is 0 Å². The highest BCUT2D eigenvalue weighted by atomic mass is 19.4. The molecule has 3 rings (SSSR count).